The molecule has 0 bridgehead atoms. The third kappa shape index (κ3) is 3.98. The Morgan fingerprint density at radius 3 is 2.32 bits per heavy atom. The molecule has 0 fully saturated rings. The van der Waals surface area contributed by atoms with Crippen molar-refractivity contribution < 1.29 is 33.7 Å². The largest absolute Gasteiger partial charge is 0.505 e. The molecule has 8 nitrogen and oxygen atoms in total. The molecular weight excluding hydrogens is 294 g/mol. The topological polar surface area (TPSA) is 111 Å². The summed E-state index contributed by atoms with van der Waals surface area (Å²) in [4.78, 5) is 34.4. The fraction of sp³-hybridized carbons (Fsp3) is 0.214. The first kappa shape index (κ1) is 17.0. The van der Waals surface area contributed by atoms with E-state index in [0.717, 1.165) is 20.3 Å². The van der Waals surface area contributed by atoms with Gasteiger partial charge in [0.2, 0.25) is 0 Å². The second kappa shape index (κ2) is 7.67. The lowest BCUT2D eigenvalue weighted by Crippen LogP contribution is -2.16. The molecule has 1 aromatic carbocycles. The van der Waals surface area contributed by atoms with Crippen LogP contribution in [0.5, 0.6) is 5.75 Å². The van der Waals surface area contributed by atoms with Crippen molar-refractivity contribution in [3.63, 3.8) is 0 Å². The van der Waals surface area contributed by atoms with Crippen LogP contribution >= 0.6 is 0 Å². The molecule has 0 aromatic heterocycles. The van der Waals surface area contributed by atoms with Gasteiger partial charge in [-0.25, -0.2) is 14.4 Å². The normalized spacial score (nSPS) is 10.6. The first-order valence-electron chi connectivity index (χ1n) is 5.99. The van der Waals surface area contributed by atoms with Crippen LogP contribution in [0, 0.1) is 0 Å². The fourth-order valence-corrected chi connectivity index (χ4v) is 1.50. The number of ether oxygens (including phenoxy) is 3. The van der Waals surface area contributed by atoms with E-state index in [4.69, 9.17) is 0 Å². The van der Waals surface area contributed by atoms with Crippen LogP contribution in [-0.2, 0) is 23.8 Å². The Hall–Kier alpha value is -3.03. The lowest BCUT2D eigenvalue weighted by Gasteiger charge is -2.12. The van der Waals surface area contributed by atoms with E-state index in [1.807, 2.05) is 0 Å². The number of hydrogen-bond acceptors (Lipinski definition) is 8. The van der Waals surface area contributed by atoms with Crippen LogP contribution in [0.25, 0.3) is 0 Å². The molecule has 0 saturated heterocycles. The van der Waals surface area contributed by atoms with Crippen LogP contribution in [0.4, 0.5) is 5.69 Å². The molecule has 0 unspecified atom stereocenters. The third-order valence-electron chi connectivity index (χ3n) is 2.58. The summed E-state index contributed by atoms with van der Waals surface area (Å²) in [5.74, 6) is -2.84. The number of phenols is 1. The van der Waals surface area contributed by atoms with Crippen LogP contribution in [0.2, 0.25) is 0 Å². The highest BCUT2D eigenvalue weighted by Crippen LogP contribution is 2.29. The molecule has 118 valence electrons. The maximum Gasteiger partial charge on any atom is 0.354 e. The molecule has 8 heteroatoms. The Morgan fingerprint density at radius 2 is 1.77 bits per heavy atom. The molecule has 0 spiro atoms. The van der Waals surface area contributed by atoms with E-state index in [-0.39, 0.29) is 16.9 Å². The van der Waals surface area contributed by atoms with Crippen LogP contribution in [-0.4, -0.2) is 44.3 Å². The summed E-state index contributed by atoms with van der Waals surface area (Å²) in [6.45, 7) is 0. The summed E-state index contributed by atoms with van der Waals surface area (Å²) >= 11 is 0. The number of nitrogens with one attached hydrogen (secondary N) is 1. The zero-order valence-electron chi connectivity index (χ0n) is 12.2. The van der Waals surface area contributed by atoms with Crippen LogP contribution in [0.15, 0.2) is 30.0 Å². The molecule has 1 rings (SSSR count). The average Bonchev–Trinajstić information content (AvgIpc) is 2.54. The smallest absolute Gasteiger partial charge is 0.354 e. The number of hydrogen-bond donors (Lipinski definition) is 2. The van der Waals surface area contributed by atoms with Gasteiger partial charge in [0.05, 0.1) is 33.1 Å². The molecule has 0 atom stereocenters. The number of carbonyl (C=O) groups is 3. The predicted octanol–water partition coefficient (Wildman–Crippen LogP) is 0.821. The Balaban J connectivity index is 3.19. The molecule has 0 heterocycles. The minimum Gasteiger partial charge on any atom is -0.505 e. The number of rotatable bonds is 5. The third-order valence-corrected chi connectivity index (χ3v) is 2.58. The summed E-state index contributed by atoms with van der Waals surface area (Å²) in [5.41, 5.74) is -0.357. The maximum atomic E-state index is 11.6. The SMILES string of the molecule is COC(=O)/C=C(/Nc1cccc(C(=O)OC)c1O)C(=O)OC. The van der Waals surface area contributed by atoms with Gasteiger partial charge in [0, 0.05) is 0 Å². The van der Waals surface area contributed by atoms with Crippen LogP contribution < -0.4 is 5.32 Å². The molecule has 0 radical (unpaired) electrons. The van der Waals surface area contributed by atoms with E-state index < -0.39 is 23.7 Å². The molecule has 0 aliphatic heterocycles. The zero-order valence-corrected chi connectivity index (χ0v) is 12.2. The summed E-state index contributed by atoms with van der Waals surface area (Å²) in [7, 11) is 3.43. The summed E-state index contributed by atoms with van der Waals surface area (Å²) < 4.78 is 13.5. The van der Waals surface area contributed by atoms with Gasteiger partial charge in [0.1, 0.15) is 11.3 Å². The highest BCUT2D eigenvalue weighted by Gasteiger charge is 2.18. The Labute approximate surface area is 126 Å². The molecule has 0 amide bonds. The lowest BCUT2D eigenvalue weighted by atomic mass is 10.1. The van der Waals surface area contributed by atoms with Crippen molar-refractivity contribution >= 4 is 23.6 Å². The Bertz CT molecular complexity index is 622. The first-order valence-corrected chi connectivity index (χ1v) is 5.99. The molecule has 0 aliphatic rings. The summed E-state index contributed by atoms with van der Waals surface area (Å²) in [6, 6.07) is 4.20. The minimum absolute atomic E-state index is 0.0171. The van der Waals surface area contributed by atoms with Crippen molar-refractivity contribution in [3.05, 3.63) is 35.5 Å². The van der Waals surface area contributed by atoms with Crippen molar-refractivity contribution in [2.75, 3.05) is 26.6 Å². The summed E-state index contributed by atoms with van der Waals surface area (Å²) in [5, 5.41) is 12.5. The number of phenolic OH excluding ortho intramolecular Hbond substituents is 1. The second-order valence-electron chi connectivity index (χ2n) is 3.89. The predicted molar refractivity (Wildman–Crippen MR) is 75.2 cm³/mol. The molecule has 0 saturated carbocycles. The van der Waals surface area contributed by atoms with Crippen molar-refractivity contribution in [3.8, 4) is 5.75 Å². The average molecular weight is 309 g/mol. The van der Waals surface area contributed by atoms with E-state index in [1.54, 1.807) is 0 Å². The van der Waals surface area contributed by atoms with E-state index in [2.05, 4.69) is 19.5 Å². The first-order chi connectivity index (χ1) is 10.4. The van der Waals surface area contributed by atoms with Gasteiger partial charge in [0.25, 0.3) is 0 Å². The number of methoxy groups -OCH3 is 3. The van der Waals surface area contributed by atoms with Gasteiger partial charge in [-0.2, -0.15) is 0 Å². The quantitative estimate of drug-likeness (QED) is 0.356. The van der Waals surface area contributed by atoms with Gasteiger partial charge in [-0.3, -0.25) is 0 Å². The van der Waals surface area contributed by atoms with Gasteiger partial charge < -0.3 is 24.6 Å². The number of anilines is 1. The van der Waals surface area contributed by atoms with Crippen molar-refractivity contribution in [2.24, 2.45) is 0 Å². The van der Waals surface area contributed by atoms with E-state index in [1.165, 1.54) is 25.3 Å². The molecule has 2 N–H and O–H groups in total. The molecule has 1 aromatic rings. The van der Waals surface area contributed by atoms with E-state index >= 15 is 0 Å². The number of carbonyl (C=O) groups excluding carboxylic acids is 3. The van der Waals surface area contributed by atoms with Crippen LogP contribution in [0.1, 0.15) is 10.4 Å². The van der Waals surface area contributed by atoms with Gasteiger partial charge in [-0.1, -0.05) is 6.07 Å². The molecular formula is C14H15NO7. The van der Waals surface area contributed by atoms with Gasteiger partial charge in [-0.15, -0.1) is 0 Å². The van der Waals surface area contributed by atoms with Crippen molar-refractivity contribution in [1.82, 2.24) is 0 Å². The number of aromatic hydroxyl groups is 1. The highest BCUT2D eigenvalue weighted by molar-refractivity contribution is 6.00. The van der Waals surface area contributed by atoms with Crippen molar-refractivity contribution in [2.45, 2.75) is 0 Å². The van der Waals surface area contributed by atoms with Crippen LogP contribution in [0.3, 0.4) is 0 Å². The maximum absolute atomic E-state index is 11.6. The van der Waals surface area contributed by atoms with Gasteiger partial charge >= 0.3 is 17.9 Å². The number of esters is 3. The van der Waals surface area contributed by atoms with E-state index in [0.29, 0.717) is 0 Å². The number of benzene rings is 1. The monoisotopic (exact) mass is 309 g/mol. The highest BCUT2D eigenvalue weighted by atomic mass is 16.5. The lowest BCUT2D eigenvalue weighted by molar-refractivity contribution is -0.138. The van der Waals surface area contributed by atoms with Gasteiger partial charge in [-0.05, 0) is 12.1 Å². The second-order valence-corrected chi connectivity index (χ2v) is 3.89. The minimum atomic E-state index is -0.853. The molecule has 22 heavy (non-hydrogen) atoms. The Kier molecular flexibility index (Phi) is 5.94. The number of para-hydroxylation sites is 1. The standard InChI is InChI=1S/C14H15NO7/c1-20-11(16)7-10(14(19)22-3)15-9-6-4-5-8(12(9)17)13(18)21-2/h4-7,15,17H,1-3H3/b10-7+. The van der Waals surface area contributed by atoms with Crippen molar-refractivity contribution in [1.29, 1.82) is 0 Å². The fourth-order valence-electron chi connectivity index (χ4n) is 1.50. The molecule has 0 aliphatic carbocycles. The summed E-state index contributed by atoms with van der Waals surface area (Å²) in [6.07, 6.45) is 0.857. The zero-order chi connectivity index (χ0) is 16.7. The Morgan fingerprint density at radius 1 is 1.09 bits per heavy atom. The van der Waals surface area contributed by atoms with Gasteiger partial charge in [0.15, 0.2) is 5.75 Å². The van der Waals surface area contributed by atoms with E-state index in [9.17, 15) is 19.5 Å².